The molecule has 1 spiro atoms. The van der Waals surface area contributed by atoms with Gasteiger partial charge in [-0.05, 0) is 30.4 Å². The fourth-order valence-corrected chi connectivity index (χ4v) is 4.81. The Morgan fingerprint density at radius 2 is 1.89 bits per heavy atom. The highest BCUT2D eigenvalue weighted by Crippen LogP contribution is 2.49. The summed E-state index contributed by atoms with van der Waals surface area (Å²) >= 11 is 0. The average molecular weight is 386 g/mol. The van der Waals surface area contributed by atoms with Crippen LogP contribution < -0.4 is 5.32 Å². The lowest BCUT2D eigenvalue weighted by Crippen LogP contribution is -2.63. The lowest BCUT2D eigenvalue weighted by atomic mass is 9.65. The lowest BCUT2D eigenvalue weighted by molar-refractivity contribution is -0.142. The van der Waals surface area contributed by atoms with E-state index in [9.17, 15) is 14.4 Å². The summed E-state index contributed by atoms with van der Waals surface area (Å²) in [4.78, 5) is 40.3. The van der Waals surface area contributed by atoms with Crippen LogP contribution >= 0.6 is 0 Å². The third kappa shape index (κ3) is 3.64. The predicted molar refractivity (Wildman–Crippen MR) is 106 cm³/mol. The van der Waals surface area contributed by atoms with E-state index in [1.165, 1.54) is 7.11 Å². The van der Waals surface area contributed by atoms with Crippen molar-refractivity contribution < 1.29 is 19.1 Å². The van der Waals surface area contributed by atoms with Crippen molar-refractivity contribution in [1.29, 1.82) is 0 Å². The SMILES string of the molecule is COC(=O)CNC(=O)[C@H]1c2ccccc2C(=O)N(CC(C)C)C12CCCCC2. The Balaban J connectivity index is 2.08. The number of benzene rings is 1. The van der Waals surface area contributed by atoms with Crippen molar-refractivity contribution in [1.82, 2.24) is 10.2 Å². The molecular formula is C22H30N2O4. The summed E-state index contributed by atoms with van der Waals surface area (Å²) in [6.45, 7) is 4.64. The van der Waals surface area contributed by atoms with Gasteiger partial charge in [0, 0.05) is 12.1 Å². The van der Waals surface area contributed by atoms with Gasteiger partial charge in [-0.25, -0.2) is 0 Å². The molecule has 1 aliphatic carbocycles. The van der Waals surface area contributed by atoms with E-state index in [0.717, 1.165) is 37.7 Å². The molecule has 0 bridgehead atoms. The number of fused-ring (bicyclic) bond motifs is 1. The van der Waals surface area contributed by atoms with Crippen molar-refractivity contribution >= 4 is 17.8 Å². The number of hydrogen-bond donors (Lipinski definition) is 1. The maximum Gasteiger partial charge on any atom is 0.325 e. The molecule has 1 heterocycles. The summed E-state index contributed by atoms with van der Waals surface area (Å²) in [6.07, 6.45) is 4.70. The summed E-state index contributed by atoms with van der Waals surface area (Å²) in [5.41, 5.74) is 0.836. The van der Waals surface area contributed by atoms with Crippen LogP contribution in [0, 0.1) is 5.92 Å². The maximum atomic E-state index is 13.4. The summed E-state index contributed by atoms with van der Waals surface area (Å²) in [6, 6.07) is 7.41. The van der Waals surface area contributed by atoms with Gasteiger partial charge in [-0.3, -0.25) is 14.4 Å². The molecule has 152 valence electrons. The highest BCUT2D eigenvalue weighted by Gasteiger charge is 2.54. The van der Waals surface area contributed by atoms with Crippen molar-refractivity contribution in [2.24, 2.45) is 5.92 Å². The van der Waals surface area contributed by atoms with E-state index >= 15 is 0 Å². The second-order valence-electron chi connectivity index (χ2n) is 8.29. The van der Waals surface area contributed by atoms with Gasteiger partial charge in [-0.15, -0.1) is 0 Å². The summed E-state index contributed by atoms with van der Waals surface area (Å²) in [7, 11) is 1.30. The van der Waals surface area contributed by atoms with Gasteiger partial charge in [-0.2, -0.15) is 0 Å². The molecule has 6 nitrogen and oxygen atoms in total. The van der Waals surface area contributed by atoms with Gasteiger partial charge in [0.1, 0.15) is 6.54 Å². The zero-order valence-corrected chi connectivity index (χ0v) is 17.0. The number of carbonyl (C=O) groups excluding carboxylic acids is 3. The molecule has 1 aliphatic heterocycles. The van der Waals surface area contributed by atoms with Gasteiger partial charge in [0.15, 0.2) is 0 Å². The number of carbonyl (C=O) groups is 3. The molecule has 0 radical (unpaired) electrons. The molecule has 1 fully saturated rings. The van der Waals surface area contributed by atoms with Crippen LogP contribution in [0.4, 0.5) is 0 Å². The molecular weight excluding hydrogens is 356 g/mol. The second kappa shape index (κ2) is 8.33. The van der Waals surface area contributed by atoms with E-state index in [1.54, 1.807) is 6.07 Å². The van der Waals surface area contributed by atoms with E-state index in [-0.39, 0.29) is 18.4 Å². The normalized spacial score (nSPS) is 20.8. The largest absolute Gasteiger partial charge is 0.468 e. The highest BCUT2D eigenvalue weighted by atomic mass is 16.5. The Labute approximate surface area is 166 Å². The van der Waals surface area contributed by atoms with Crippen LogP contribution in [0.2, 0.25) is 0 Å². The minimum Gasteiger partial charge on any atom is -0.468 e. The van der Waals surface area contributed by atoms with Crippen LogP contribution in [-0.2, 0) is 14.3 Å². The van der Waals surface area contributed by atoms with Crippen LogP contribution in [0.15, 0.2) is 24.3 Å². The highest BCUT2D eigenvalue weighted by molar-refractivity contribution is 6.02. The zero-order chi connectivity index (χ0) is 20.3. The quantitative estimate of drug-likeness (QED) is 0.790. The lowest BCUT2D eigenvalue weighted by Gasteiger charge is -2.54. The summed E-state index contributed by atoms with van der Waals surface area (Å²) in [5, 5.41) is 2.75. The Bertz CT molecular complexity index is 753. The number of ether oxygens (including phenoxy) is 1. The number of methoxy groups -OCH3 is 1. The van der Waals surface area contributed by atoms with Gasteiger partial charge >= 0.3 is 5.97 Å². The van der Waals surface area contributed by atoms with Crippen molar-refractivity contribution in [2.75, 3.05) is 20.2 Å². The predicted octanol–water partition coefficient (Wildman–Crippen LogP) is 2.87. The fourth-order valence-electron chi connectivity index (χ4n) is 4.81. The maximum absolute atomic E-state index is 13.4. The molecule has 2 aliphatic rings. The van der Waals surface area contributed by atoms with Gasteiger partial charge in [0.2, 0.25) is 5.91 Å². The summed E-state index contributed by atoms with van der Waals surface area (Å²) < 4.78 is 4.67. The number of nitrogens with one attached hydrogen (secondary N) is 1. The Morgan fingerprint density at radius 1 is 1.21 bits per heavy atom. The molecule has 6 heteroatoms. The van der Waals surface area contributed by atoms with Crippen molar-refractivity contribution in [3.63, 3.8) is 0 Å². The topological polar surface area (TPSA) is 75.7 Å². The first kappa shape index (κ1) is 20.4. The van der Waals surface area contributed by atoms with Gasteiger partial charge < -0.3 is 15.0 Å². The van der Waals surface area contributed by atoms with Gasteiger partial charge in [-0.1, -0.05) is 51.3 Å². The number of amides is 2. The fraction of sp³-hybridized carbons (Fsp3) is 0.591. The van der Waals surface area contributed by atoms with Crippen molar-refractivity contribution in [3.05, 3.63) is 35.4 Å². The molecule has 28 heavy (non-hydrogen) atoms. The van der Waals surface area contributed by atoms with Crippen molar-refractivity contribution in [2.45, 2.75) is 57.4 Å². The molecule has 1 aromatic carbocycles. The Hall–Kier alpha value is -2.37. The van der Waals surface area contributed by atoms with Crippen LogP contribution in [0.25, 0.3) is 0 Å². The minimum absolute atomic E-state index is 0.0169. The molecule has 1 atom stereocenters. The van der Waals surface area contributed by atoms with Gasteiger partial charge in [0.05, 0.1) is 18.6 Å². The van der Waals surface area contributed by atoms with Crippen LogP contribution in [0.3, 0.4) is 0 Å². The zero-order valence-electron chi connectivity index (χ0n) is 17.0. The third-order valence-electron chi connectivity index (χ3n) is 5.99. The first-order chi connectivity index (χ1) is 13.4. The number of nitrogens with zero attached hydrogens (tertiary/aromatic N) is 1. The van der Waals surface area contributed by atoms with Crippen LogP contribution in [0.5, 0.6) is 0 Å². The molecule has 1 aromatic rings. The smallest absolute Gasteiger partial charge is 0.325 e. The molecule has 0 unspecified atom stereocenters. The Morgan fingerprint density at radius 3 is 2.54 bits per heavy atom. The average Bonchev–Trinajstić information content (AvgIpc) is 2.70. The van der Waals surface area contributed by atoms with E-state index in [4.69, 9.17) is 0 Å². The molecule has 1 N–H and O–H groups in total. The molecule has 0 saturated heterocycles. The van der Waals surface area contributed by atoms with E-state index in [2.05, 4.69) is 23.9 Å². The van der Waals surface area contributed by atoms with E-state index < -0.39 is 17.4 Å². The monoisotopic (exact) mass is 386 g/mol. The summed E-state index contributed by atoms with van der Waals surface area (Å²) in [5.74, 6) is -0.855. The van der Waals surface area contributed by atoms with E-state index in [1.807, 2.05) is 23.1 Å². The molecule has 0 aromatic heterocycles. The Kier molecular flexibility index (Phi) is 6.06. The molecule has 3 rings (SSSR count). The molecule has 2 amide bonds. The number of esters is 1. The van der Waals surface area contributed by atoms with Gasteiger partial charge in [0.25, 0.3) is 5.91 Å². The van der Waals surface area contributed by atoms with Crippen LogP contribution in [-0.4, -0.2) is 48.4 Å². The molecule has 1 saturated carbocycles. The minimum atomic E-state index is -0.534. The van der Waals surface area contributed by atoms with E-state index in [0.29, 0.717) is 18.0 Å². The third-order valence-corrected chi connectivity index (χ3v) is 5.99. The number of rotatable bonds is 5. The second-order valence-corrected chi connectivity index (χ2v) is 8.29. The first-order valence-corrected chi connectivity index (χ1v) is 10.2. The van der Waals surface area contributed by atoms with Crippen molar-refractivity contribution in [3.8, 4) is 0 Å². The number of hydrogen-bond acceptors (Lipinski definition) is 4. The standard InChI is InChI=1S/C22H30N2O4/c1-15(2)14-24-21(27)17-10-6-5-9-16(17)19(20(26)23-13-18(25)28-3)22(24)11-7-4-8-12-22/h5-6,9-10,15,19H,4,7-8,11-14H2,1-3H3,(H,23,26)/t19-/m1/s1. The van der Waals surface area contributed by atoms with Crippen LogP contribution in [0.1, 0.15) is 67.8 Å². The first-order valence-electron chi connectivity index (χ1n) is 10.2.